The van der Waals surface area contributed by atoms with Crippen molar-refractivity contribution in [3.63, 3.8) is 0 Å². The summed E-state index contributed by atoms with van der Waals surface area (Å²) in [6, 6.07) is 19.0. The smallest absolute Gasteiger partial charge is 0.257 e. The highest BCUT2D eigenvalue weighted by molar-refractivity contribution is 6.12. The lowest BCUT2D eigenvalue weighted by atomic mass is 10.1. The fourth-order valence-corrected chi connectivity index (χ4v) is 2.84. The molecular weight excluding hydrogens is 310 g/mol. The van der Waals surface area contributed by atoms with Gasteiger partial charge in [0.15, 0.2) is 0 Å². The second kappa shape index (κ2) is 5.98. The summed E-state index contributed by atoms with van der Waals surface area (Å²) in [4.78, 5) is 22.0. The number of hydrogen-bond acceptors (Lipinski definition) is 3. The van der Waals surface area contributed by atoms with Crippen LogP contribution in [0.5, 0.6) is 0 Å². The first kappa shape index (κ1) is 15.3. The lowest BCUT2D eigenvalue weighted by molar-refractivity contribution is 0.102. The van der Waals surface area contributed by atoms with Gasteiger partial charge in [-0.25, -0.2) is 9.97 Å². The van der Waals surface area contributed by atoms with E-state index in [0.29, 0.717) is 16.6 Å². The molecule has 0 atom stereocenters. The summed E-state index contributed by atoms with van der Waals surface area (Å²) >= 11 is 0. The average molecular weight is 327 g/mol. The largest absolute Gasteiger partial charge is 0.322 e. The Morgan fingerprint density at radius 1 is 0.800 bits per heavy atom. The lowest BCUT2D eigenvalue weighted by Gasteiger charge is -2.09. The number of nitrogens with one attached hydrogen (secondary N) is 1. The minimum absolute atomic E-state index is 0.182. The van der Waals surface area contributed by atoms with E-state index in [1.807, 2.05) is 68.4 Å². The topological polar surface area (TPSA) is 54.9 Å². The first-order valence-electron chi connectivity index (χ1n) is 8.16. The van der Waals surface area contributed by atoms with Crippen LogP contribution in [-0.4, -0.2) is 15.9 Å². The molecule has 4 rings (SSSR count). The Morgan fingerprint density at radius 3 is 2.28 bits per heavy atom. The van der Waals surface area contributed by atoms with Gasteiger partial charge in [0.1, 0.15) is 5.52 Å². The van der Waals surface area contributed by atoms with E-state index in [1.54, 1.807) is 6.07 Å². The van der Waals surface area contributed by atoms with E-state index in [9.17, 15) is 4.79 Å². The molecule has 25 heavy (non-hydrogen) atoms. The monoisotopic (exact) mass is 327 g/mol. The number of rotatable bonds is 2. The Labute approximate surface area is 145 Å². The van der Waals surface area contributed by atoms with Crippen molar-refractivity contribution in [1.29, 1.82) is 0 Å². The van der Waals surface area contributed by atoms with Crippen molar-refractivity contribution in [3.05, 3.63) is 77.4 Å². The average Bonchev–Trinajstić information content (AvgIpc) is 2.62. The molecule has 0 saturated heterocycles. The SMILES string of the molecule is Cc1ccc(NC(=O)c2cccc3nc4ccccc4nc23)cc1C. The molecule has 1 N–H and O–H groups in total. The predicted octanol–water partition coefficient (Wildman–Crippen LogP) is 4.65. The number of nitrogens with zero attached hydrogens (tertiary/aromatic N) is 2. The van der Waals surface area contributed by atoms with Crippen molar-refractivity contribution in [2.24, 2.45) is 0 Å². The number of aryl methyl sites for hydroxylation is 2. The third-order valence-corrected chi connectivity index (χ3v) is 4.38. The van der Waals surface area contributed by atoms with Gasteiger partial charge in [0, 0.05) is 5.69 Å². The van der Waals surface area contributed by atoms with E-state index in [4.69, 9.17) is 0 Å². The molecule has 0 aliphatic heterocycles. The quantitative estimate of drug-likeness (QED) is 0.545. The first-order chi connectivity index (χ1) is 12.1. The Bertz CT molecular complexity index is 1120. The summed E-state index contributed by atoms with van der Waals surface area (Å²) < 4.78 is 0. The minimum atomic E-state index is -0.182. The predicted molar refractivity (Wildman–Crippen MR) is 101 cm³/mol. The number of aromatic nitrogens is 2. The summed E-state index contributed by atoms with van der Waals surface area (Å²) in [5, 5.41) is 2.96. The number of carbonyl (C=O) groups is 1. The maximum atomic E-state index is 12.8. The van der Waals surface area contributed by atoms with Crippen LogP contribution < -0.4 is 5.32 Å². The Morgan fingerprint density at radius 2 is 1.52 bits per heavy atom. The molecule has 4 nitrogen and oxygen atoms in total. The van der Waals surface area contributed by atoms with Crippen molar-refractivity contribution in [3.8, 4) is 0 Å². The first-order valence-corrected chi connectivity index (χ1v) is 8.16. The number of para-hydroxylation sites is 3. The van der Waals surface area contributed by atoms with Crippen LogP contribution in [0.2, 0.25) is 0 Å². The highest BCUT2D eigenvalue weighted by atomic mass is 16.1. The van der Waals surface area contributed by atoms with Crippen LogP contribution in [-0.2, 0) is 0 Å². The van der Waals surface area contributed by atoms with Crippen LogP contribution in [0, 0.1) is 13.8 Å². The molecular formula is C21H17N3O. The number of anilines is 1. The second-order valence-electron chi connectivity index (χ2n) is 6.14. The molecule has 4 aromatic rings. The van der Waals surface area contributed by atoms with E-state index < -0.39 is 0 Å². The van der Waals surface area contributed by atoms with Gasteiger partial charge < -0.3 is 5.32 Å². The molecule has 0 aliphatic rings. The molecule has 122 valence electrons. The molecule has 3 aromatic carbocycles. The fraction of sp³-hybridized carbons (Fsp3) is 0.0952. The van der Waals surface area contributed by atoms with E-state index in [0.717, 1.165) is 22.3 Å². The molecule has 4 heteroatoms. The summed E-state index contributed by atoms with van der Waals surface area (Å²) in [5.41, 5.74) is 6.56. The molecule has 0 aliphatic carbocycles. The Kier molecular flexibility index (Phi) is 3.65. The van der Waals surface area contributed by atoms with Gasteiger partial charge in [-0.15, -0.1) is 0 Å². The normalized spacial score (nSPS) is 11.0. The molecule has 0 unspecified atom stereocenters. The van der Waals surface area contributed by atoms with Crippen LogP contribution in [0.1, 0.15) is 21.5 Å². The summed E-state index contributed by atoms with van der Waals surface area (Å²) in [7, 11) is 0. The molecule has 0 bridgehead atoms. The zero-order valence-corrected chi connectivity index (χ0v) is 14.1. The Hall–Kier alpha value is -3.27. The van der Waals surface area contributed by atoms with Gasteiger partial charge in [0.2, 0.25) is 0 Å². The van der Waals surface area contributed by atoms with Crippen molar-refractivity contribution in [2.75, 3.05) is 5.32 Å². The molecule has 0 saturated carbocycles. The van der Waals surface area contributed by atoms with Crippen LogP contribution in [0.25, 0.3) is 22.1 Å². The molecule has 0 radical (unpaired) electrons. The van der Waals surface area contributed by atoms with Gasteiger partial charge in [0.25, 0.3) is 5.91 Å². The standard InChI is InChI=1S/C21H17N3O/c1-13-10-11-15(12-14(13)2)22-21(25)16-6-5-9-19-20(16)24-18-8-4-3-7-17(18)23-19/h3-12H,1-2H3,(H,22,25). The number of hydrogen-bond donors (Lipinski definition) is 1. The zero-order chi connectivity index (χ0) is 17.4. The highest BCUT2D eigenvalue weighted by Crippen LogP contribution is 2.21. The summed E-state index contributed by atoms with van der Waals surface area (Å²) in [6.45, 7) is 4.08. The van der Waals surface area contributed by atoms with Gasteiger partial charge in [0.05, 0.1) is 22.1 Å². The highest BCUT2D eigenvalue weighted by Gasteiger charge is 2.13. The van der Waals surface area contributed by atoms with Gasteiger partial charge in [-0.2, -0.15) is 0 Å². The van der Waals surface area contributed by atoms with Gasteiger partial charge in [-0.1, -0.05) is 24.3 Å². The number of amides is 1. The van der Waals surface area contributed by atoms with Crippen molar-refractivity contribution in [1.82, 2.24) is 9.97 Å². The van der Waals surface area contributed by atoms with Crippen molar-refractivity contribution >= 4 is 33.7 Å². The second-order valence-corrected chi connectivity index (χ2v) is 6.14. The summed E-state index contributed by atoms with van der Waals surface area (Å²) in [5.74, 6) is -0.182. The summed E-state index contributed by atoms with van der Waals surface area (Å²) in [6.07, 6.45) is 0. The van der Waals surface area contributed by atoms with Crippen molar-refractivity contribution in [2.45, 2.75) is 13.8 Å². The van der Waals surface area contributed by atoms with Gasteiger partial charge in [-0.3, -0.25) is 4.79 Å². The minimum Gasteiger partial charge on any atom is -0.322 e. The van der Waals surface area contributed by atoms with Crippen LogP contribution >= 0.6 is 0 Å². The van der Waals surface area contributed by atoms with E-state index in [1.165, 1.54) is 5.56 Å². The zero-order valence-electron chi connectivity index (χ0n) is 14.1. The number of benzene rings is 3. The van der Waals surface area contributed by atoms with E-state index >= 15 is 0 Å². The van der Waals surface area contributed by atoms with Gasteiger partial charge >= 0.3 is 0 Å². The lowest BCUT2D eigenvalue weighted by Crippen LogP contribution is -2.13. The molecule has 1 heterocycles. The molecule has 1 aromatic heterocycles. The Balaban J connectivity index is 1.78. The number of carbonyl (C=O) groups excluding carboxylic acids is 1. The third kappa shape index (κ3) is 2.83. The van der Waals surface area contributed by atoms with Crippen LogP contribution in [0.4, 0.5) is 5.69 Å². The maximum Gasteiger partial charge on any atom is 0.257 e. The van der Waals surface area contributed by atoms with E-state index in [-0.39, 0.29) is 5.91 Å². The van der Waals surface area contributed by atoms with Crippen LogP contribution in [0.3, 0.4) is 0 Å². The van der Waals surface area contributed by atoms with Crippen LogP contribution in [0.15, 0.2) is 60.7 Å². The molecule has 1 amide bonds. The molecule has 0 fully saturated rings. The fourth-order valence-electron chi connectivity index (χ4n) is 2.84. The molecule has 0 spiro atoms. The third-order valence-electron chi connectivity index (χ3n) is 4.38. The van der Waals surface area contributed by atoms with Gasteiger partial charge in [-0.05, 0) is 61.4 Å². The maximum absolute atomic E-state index is 12.8. The van der Waals surface area contributed by atoms with E-state index in [2.05, 4.69) is 15.3 Å². The van der Waals surface area contributed by atoms with Crippen molar-refractivity contribution < 1.29 is 4.79 Å². The number of fused-ring (bicyclic) bond motifs is 2.